The van der Waals surface area contributed by atoms with Crippen LogP contribution in [0.15, 0.2) is 4.52 Å². The number of ether oxygens (including phenoxy) is 1. The van der Waals surface area contributed by atoms with Crippen LogP contribution in [0.2, 0.25) is 0 Å². The summed E-state index contributed by atoms with van der Waals surface area (Å²) in [7, 11) is 0. The van der Waals surface area contributed by atoms with E-state index in [0.717, 1.165) is 12.8 Å². The molecule has 0 bridgehead atoms. The van der Waals surface area contributed by atoms with Gasteiger partial charge in [-0.15, -0.1) is 0 Å². The predicted molar refractivity (Wildman–Crippen MR) is 70.2 cm³/mol. The van der Waals surface area contributed by atoms with Gasteiger partial charge in [-0.25, -0.2) is 0 Å². The average molecular weight is 255 g/mol. The molecule has 0 aliphatic carbocycles. The van der Waals surface area contributed by atoms with Gasteiger partial charge in [0.25, 0.3) is 0 Å². The van der Waals surface area contributed by atoms with Crippen LogP contribution in [0.4, 0.5) is 0 Å². The van der Waals surface area contributed by atoms with E-state index in [2.05, 4.69) is 24.0 Å². The first kappa shape index (κ1) is 15.1. The molecule has 0 aliphatic heterocycles. The second-order valence-corrected chi connectivity index (χ2v) is 5.25. The maximum absolute atomic E-state index is 6.17. The molecule has 0 radical (unpaired) electrons. The molecule has 0 fully saturated rings. The van der Waals surface area contributed by atoms with E-state index in [-0.39, 0.29) is 6.10 Å². The van der Waals surface area contributed by atoms with E-state index in [9.17, 15) is 0 Å². The Hall–Kier alpha value is -0.940. The van der Waals surface area contributed by atoms with Crippen LogP contribution in [0, 0.1) is 0 Å². The minimum absolute atomic E-state index is 0.137. The van der Waals surface area contributed by atoms with Gasteiger partial charge >= 0.3 is 0 Å². The minimum Gasteiger partial charge on any atom is -0.376 e. The molecule has 2 N–H and O–H groups in total. The Labute approximate surface area is 109 Å². The van der Waals surface area contributed by atoms with Crippen LogP contribution in [0.5, 0.6) is 0 Å². The van der Waals surface area contributed by atoms with Crippen molar-refractivity contribution in [3.05, 3.63) is 11.7 Å². The van der Waals surface area contributed by atoms with Gasteiger partial charge in [0.05, 0.1) is 12.7 Å². The van der Waals surface area contributed by atoms with E-state index in [1.165, 1.54) is 0 Å². The monoisotopic (exact) mass is 255 g/mol. The van der Waals surface area contributed by atoms with Gasteiger partial charge < -0.3 is 15.0 Å². The molecule has 0 spiro atoms. The quantitative estimate of drug-likeness (QED) is 0.810. The molecular formula is C13H25N3O2. The largest absolute Gasteiger partial charge is 0.376 e. The van der Waals surface area contributed by atoms with E-state index in [1.54, 1.807) is 0 Å². The smallest absolute Gasteiger partial charge is 0.229 e. The highest BCUT2D eigenvalue weighted by Gasteiger charge is 2.29. The first-order valence-corrected chi connectivity index (χ1v) is 6.65. The molecule has 0 aromatic carbocycles. The maximum Gasteiger partial charge on any atom is 0.229 e. The summed E-state index contributed by atoms with van der Waals surface area (Å²) in [6.07, 6.45) is 2.11. The van der Waals surface area contributed by atoms with Crippen molar-refractivity contribution in [3.63, 3.8) is 0 Å². The van der Waals surface area contributed by atoms with Crippen molar-refractivity contribution in [3.8, 4) is 0 Å². The number of rotatable bonds is 7. The summed E-state index contributed by atoms with van der Waals surface area (Å²) < 4.78 is 10.8. The summed E-state index contributed by atoms with van der Waals surface area (Å²) in [6.45, 7) is 10.4. The molecule has 1 aromatic heterocycles. The summed E-state index contributed by atoms with van der Waals surface area (Å²) in [4.78, 5) is 4.42. The molecule has 5 heteroatoms. The minimum atomic E-state index is -0.710. The van der Waals surface area contributed by atoms with Crippen LogP contribution in [0.1, 0.15) is 65.1 Å². The molecule has 0 saturated carbocycles. The van der Waals surface area contributed by atoms with Crippen LogP contribution in [0.25, 0.3) is 0 Å². The van der Waals surface area contributed by atoms with Gasteiger partial charge in [-0.2, -0.15) is 4.98 Å². The summed E-state index contributed by atoms with van der Waals surface area (Å²) in [5.41, 5.74) is 5.46. The fourth-order valence-corrected chi connectivity index (χ4v) is 1.68. The number of hydrogen-bond acceptors (Lipinski definition) is 5. The molecular weight excluding hydrogens is 230 g/mol. The van der Waals surface area contributed by atoms with Gasteiger partial charge in [-0.1, -0.05) is 19.0 Å². The summed E-state index contributed by atoms with van der Waals surface area (Å²) in [6, 6.07) is 0. The van der Waals surface area contributed by atoms with Crippen molar-refractivity contribution < 1.29 is 9.26 Å². The molecule has 0 amide bonds. The molecule has 1 atom stereocenters. The van der Waals surface area contributed by atoms with Gasteiger partial charge in [0.2, 0.25) is 5.89 Å². The standard InChI is InChI=1S/C13H25N3O2/c1-6-10(7-2)11-15-12(16-18-11)13(5,14)8-17-9(3)4/h9-10H,6-8,14H2,1-5H3. The Balaban J connectivity index is 2.77. The van der Waals surface area contributed by atoms with Gasteiger partial charge in [-0.05, 0) is 33.6 Å². The van der Waals surface area contributed by atoms with E-state index in [1.807, 2.05) is 20.8 Å². The fourth-order valence-electron chi connectivity index (χ4n) is 1.68. The molecule has 5 nitrogen and oxygen atoms in total. The lowest BCUT2D eigenvalue weighted by Crippen LogP contribution is -2.40. The zero-order valence-corrected chi connectivity index (χ0v) is 12.1. The number of nitrogens with two attached hydrogens (primary N) is 1. The van der Waals surface area contributed by atoms with Gasteiger partial charge in [0, 0.05) is 5.92 Å². The lowest BCUT2D eigenvalue weighted by Gasteiger charge is -2.21. The summed E-state index contributed by atoms with van der Waals surface area (Å²) in [5, 5.41) is 3.99. The molecule has 18 heavy (non-hydrogen) atoms. The van der Waals surface area contributed by atoms with Gasteiger partial charge in [0.15, 0.2) is 5.82 Å². The van der Waals surface area contributed by atoms with Crippen molar-refractivity contribution in [2.24, 2.45) is 5.73 Å². The molecule has 0 saturated heterocycles. The predicted octanol–water partition coefficient (Wildman–Crippen LogP) is 2.57. The molecule has 0 aliphatic rings. The third-order valence-corrected chi connectivity index (χ3v) is 3.00. The molecule has 104 valence electrons. The molecule has 1 aromatic rings. The van der Waals surface area contributed by atoms with E-state index in [0.29, 0.717) is 24.2 Å². The van der Waals surface area contributed by atoms with Crippen LogP contribution in [0.3, 0.4) is 0 Å². The Bertz CT molecular complexity index is 357. The Morgan fingerprint density at radius 2 is 1.94 bits per heavy atom. The Morgan fingerprint density at radius 1 is 1.33 bits per heavy atom. The lowest BCUT2D eigenvalue weighted by molar-refractivity contribution is 0.0410. The van der Waals surface area contributed by atoms with Crippen LogP contribution in [-0.2, 0) is 10.3 Å². The lowest BCUT2D eigenvalue weighted by atomic mass is 10.0. The zero-order valence-electron chi connectivity index (χ0n) is 12.1. The zero-order chi connectivity index (χ0) is 13.8. The van der Waals surface area contributed by atoms with Crippen molar-refractivity contribution in [1.82, 2.24) is 10.1 Å². The third-order valence-electron chi connectivity index (χ3n) is 3.00. The van der Waals surface area contributed by atoms with E-state index >= 15 is 0 Å². The van der Waals surface area contributed by atoms with Crippen LogP contribution in [-0.4, -0.2) is 22.9 Å². The van der Waals surface area contributed by atoms with Crippen LogP contribution >= 0.6 is 0 Å². The van der Waals surface area contributed by atoms with E-state index < -0.39 is 5.54 Å². The number of aromatic nitrogens is 2. The summed E-state index contributed by atoms with van der Waals surface area (Å²) >= 11 is 0. The average Bonchev–Trinajstić information content (AvgIpc) is 2.78. The van der Waals surface area contributed by atoms with Crippen molar-refractivity contribution >= 4 is 0 Å². The van der Waals surface area contributed by atoms with Crippen LogP contribution < -0.4 is 5.73 Å². The topological polar surface area (TPSA) is 74.2 Å². The second kappa shape index (κ2) is 6.29. The fraction of sp³-hybridized carbons (Fsp3) is 0.846. The van der Waals surface area contributed by atoms with Crippen molar-refractivity contribution in [1.29, 1.82) is 0 Å². The first-order chi connectivity index (χ1) is 8.40. The third kappa shape index (κ3) is 3.78. The summed E-state index contributed by atoms with van der Waals surface area (Å²) in [5.74, 6) is 1.51. The molecule has 1 heterocycles. The highest BCUT2D eigenvalue weighted by atomic mass is 16.5. The van der Waals surface area contributed by atoms with Gasteiger partial charge in [-0.3, -0.25) is 0 Å². The van der Waals surface area contributed by atoms with E-state index in [4.69, 9.17) is 15.0 Å². The number of nitrogens with zero attached hydrogens (tertiary/aromatic N) is 2. The first-order valence-electron chi connectivity index (χ1n) is 6.65. The van der Waals surface area contributed by atoms with Crippen molar-refractivity contribution in [2.45, 2.75) is 65.0 Å². The molecule has 1 rings (SSSR count). The normalized spacial score (nSPS) is 15.3. The number of hydrogen-bond donors (Lipinski definition) is 1. The highest BCUT2D eigenvalue weighted by Crippen LogP contribution is 2.23. The maximum atomic E-state index is 6.17. The SMILES string of the molecule is CCC(CC)c1nc(C(C)(N)COC(C)C)no1. The Kier molecular flexibility index (Phi) is 5.28. The highest BCUT2D eigenvalue weighted by molar-refractivity contribution is 5.04. The van der Waals surface area contributed by atoms with Gasteiger partial charge in [0.1, 0.15) is 5.54 Å². The Morgan fingerprint density at radius 3 is 2.44 bits per heavy atom. The second-order valence-electron chi connectivity index (χ2n) is 5.25. The van der Waals surface area contributed by atoms with Crippen molar-refractivity contribution in [2.75, 3.05) is 6.61 Å². The molecule has 1 unspecified atom stereocenters.